The third-order valence-corrected chi connectivity index (χ3v) is 3.10. The van der Waals surface area contributed by atoms with Crippen LogP contribution in [0.1, 0.15) is 26.2 Å². The molecule has 2 atom stereocenters. The summed E-state index contributed by atoms with van der Waals surface area (Å²) in [5.74, 6) is 0.864. The van der Waals surface area contributed by atoms with Crippen molar-refractivity contribution < 1.29 is 4.74 Å². The monoisotopic (exact) mass is 200 g/mol. The van der Waals surface area contributed by atoms with Gasteiger partial charge in [-0.3, -0.25) is 0 Å². The first-order valence-corrected chi connectivity index (χ1v) is 5.71. The maximum Gasteiger partial charge on any atom is 0.0705 e. The van der Waals surface area contributed by atoms with Crippen molar-refractivity contribution in [3.05, 3.63) is 0 Å². The molecule has 0 saturated carbocycles. The zero-order chi connectivity index (χ0) is 10.4. The third-order valence-electron chi connectivity index (χ3n) is 3.10. The number of nitrogens with zero attached hydrogens (tertiary/aromatic N) is 1. The molecule has 1 saturated heterocycles. The Morgan fingerprint density at radius 2 is 2.36 bits per heavy atom. The molecular weight excluding hydrogens is 176 g/mol. The summed E-state index contributed by atoms with van der Waals surface area (Å²) in [6.45, 7) is 6.62. The molecule has 1 aliphatic rings. The Bertz CT molecular complexity index is 148. The van der Waals surface area contributed by atoms with Gasteiger partial charge in [0.1, 0.15) is 0 Å². The molecule has 0 bridgehead atoms. The second kappa shape index (κ2) is 6.38. The van der Waals surface area contributed by atoms with E-state index >= 15 is 0 Å². The van der Waals surface area contributed by atoms with Crippen molar-refractivity contribution in [2.75, 3.05) is 33.3 Å². The van der Waals surface area contributed by atoms with Gasteiger partial charge in [-0.05, 0) is 31.7 Å². The molecule has 14 heavy (non-hydrogen) atoms. The number of piperidine rings is 1. The van der Waals surface area contributed by atoms with Gasteiger partial charge in [-0.2, -0.15) is 0 Å². The van der Waals surface area contributed by atoms with Crippen molar-refractivity contribution in [1.29, 1.82) is 0 Å². The van der Waals surface area contributed by atoms with Crippen LogP contribution in [0.2, 0.25) is 0 Å². The van der Waals surface area contributed by atoms with Crippen LogP contribution >= 0.6 is 0 Å². The molecule has 1 rings (SSSR count). The van der Waals surface area contributed by atoms with Gasteiger partial charge in [-0.25, -0.2) is 0 Å². The molecule has 84 valence electrons. The van der Waals surface area contributed by atoms with Crippen LogP contribution in [0.25, 0.3) is 0 Å². The Balaban J connectivity index is 2.16. The van der Waals surface area contributed by atoms with Crippen molar-refractivity contribution in [2.45, 2.75) is 32.3 Å². The van der Waals surface area contributed by atoms with E-state index in [1.807, 2.05) is 0 Å². The molecule has 1 aliphatic heterocycles. The molecule has 0 radical (unpaired) electrons. The molecule has 2 unspecified atom stereocenters. The van der Waals surface area contributed by atoms with Crippen LogP contribution < -0.4 is 5.73 Å². The van der Waals surface area contributed by atoms with E-state index in [0.717, 1.165) is 18.9 Å². The van der Waals surface area contributed by atoms with E-state index in [9.17, 15) is 0 Å². The minimum Gasteiger partial charge on any atom is -0.380 e. The lowest BCUT2D eigenvalue weighted by molar-refractivity contribution is 0.0817. The first-order valence-electron chi connectivity index (χ1n) is 5.71. The third kappa shape index (κ3) is 3.95. The van der Waals surface area contributed by atoms with Gasteiger partial charge in [0, 0.05) is 26.7 Å². The van der Waals surface area contributed by atoms with Gasteiger partial charge in [0.05, 0.1) is 6.10 Å². The van der Waals surface area contributed by atoms with Crippen molar-refractivity contribution in [3.8, 4) is 0 Å². The molecule has 0 amide bonds. The predicted octanol–water partition coefficient (Wildman–Crippen LogP) is 1.08. The maximum atomic E-state index is 5.58. The van der Waals surface area contributed by atoms with E-state index in [0.29, 0.717) is 6.54 Å². The van der Waals surface area contributed by atoms with E-state index in [-0.39, 0.29) is 6.10 Å². The SMILES string of the molecule is COC(CN)CCN1CCCC(C)C1. The fourth-order valence-electron chi connectivity index (χ4n) is 2.15. The second-order valence-corrected chi connectivity index (χ2v) is 4.43. The molecule has 0 spiro atoms. The summed E-state index contributed by atoms with van der Waals surface area (Å²) in [5.41, 5.74) is 5.58. The summed E-state index contributed by atoms with van der Waals surface area (Å²) in [5, 5.41) is 0. The topological polar surface area (TPSA) is 38.5 Å². The van der Waals surface area contributed by atoms with Gasteiger partial charge in [-0.1, -0.05) is 6.92 Å². The Kier molecular flexibility index (Phi) is 5.45. The highest BCUT2D eigenvalue weighted by atomic mass is 16.5. The van der Waals surface area contributed by atoms with Crippen LogP contribution in [0, 0.1) is 5.92 Å². The number of hydrogen-bond acceptors (Lipinski definition) is 3. The Morgan fingerprint density at radius 1 is 1.57 bits per heavy atom. The number of rotatable bonds is 5. The molecule has 1 fully saturated rings. The van der Waals surface area contributed by atoms with E-state index in [1.165, 1.54) is 25.9 Å². The van der Waals surface area contributed by atoms with Crippen LogP contribution in [0.3, 0.4) is 0 Å². The number of nitrogens with two attached hydrogens (primary N) is 1. The normalized spacial score (nSPS) is 26.4. The summed E-state index contributed by atoms with van der Waals surface area (Å²) < 4.78 is 5.27. The first kappa shape index (κ1) is 12.0. The summed E-state index contributed by atoms with van der Waals surface area (Å²) in [4.78, 5) is 2.54. The highest BCUT2D eigenvalue weighted by Crippen LogP contribution is 2.15. The van der Waals surface area contributed by atoms with Gasteiger partial charge in [0.2, 0.25) is 0 Å². The van der Waals surface area contributed by atoms with Gasteiger partial charge >= 0.3 is 0 Å². The quantitative estimate of drug-likeness (QED) is 0.722. The van der Waals surface area contributed by atoms with Crippen molar-refractivity contribution in [3.63, 3.8) is 0 Å². The summed E-state index contributed by atoms with van der Waals surface area (Å²) >= 11 is 0. The van der Waals surface area contributed by atoms with E-state index in [1.54, 1.807) is 7.11 Å². The Hall–Kier alpha value is -0.120. The van der Waals surface area contributed by atoms with Gasteiger partial charge in [0.25, 0.3) is 0 Å². The second-order valence-electron chi connectivity index (χ2n) is 4.43. The lowest BCUT2D eigenvalue weighted by Gasteiger charge is -2.31. The fourth-order valence-corrected chi connectivity index (χ4v) is 2.15. The largest absolute Gasteiger partial charge is 0.380 e. The molecule has 0 aromatic heterocycles. The van der Waals surface area contributed by atoms with Crippen molar-refractivity contribution >= 4 is 0 Å². The molecular formula is C11H24N2O. The molecule has 3 nitrogen and oxygen atoms in total. The number of methoxy groups -OCH3 is 1. The summed E-state index contributed by atoms with van der Waals surface area (Å²) in [6, 6.07) is 0. The van der Waals surface area contributed by atoms with Crippen molar-refractivity contribution in [2.24, 2.45) is 11.7 Å². The van der Waals surface area contributed by atoms with Crippen LogP contribution in [-0.2, 0) is 4.74 Å². The van der Waals surface area contributed by atoms with Gasteiger partial charge in [0.15, 0.2) is 0 Å². The fraction of sp³-hybridized carbons (Fsp3) is 1.00. The zero-order valence-corrected chi connectivity index (χ0v) is 9.54. The zero-order valence-electron chi connectivity index (χ0n) is 9.54. The maximum absolute atomic E-state index is 5.58. The van der Waals surface area contributed by atoms with Crippen LogP contribution in [0.15, 0.2) is 0 Å². The smallest absolute Gasteiger partial charge is 0.0705 e. The summed E-state index contributed by atoms with van der Waals surface area (Å²) in [7, 11) is 1.75. The molecule has 0 aliphatic carbocycles. The highest BCUT2D eigenvalue weighted by Gasteiger charge is 2.16. The first-order chi connectivity index (χ1) is 6.76. The van der Waals surface area contributed by atoms with E-state index < -0.39 is 0 Å². The Labute approximate surface area is 87.6 Å². The average Bonchev–Trinajstić information content (AvgIpc) is 2.19. The van der Waals surface area contributed by atoms with Crippen molar-refractivity contribution in [1.82, 2.24) is 4.90 Å². The highest BCUT2D eigenvalue weighted by molar-refractivity contribution is 4.71. The van der Waals surface area contributed by atoms with Crippen LogP contribution in [-0.4, -0.2) is 44.3 Å². The molecule has 1 heterocycles. The number of hydrogen-bond donors (Lipinski definition) is 1. The van der Waals surface area contributed by atoms with Gasteiger partial charge < -0.3 is 15.4 Å². The number of ether oxygens (including phenoxy) is 1. The van der Waals surface area contributed by atoms with Crippen LogP contribution in [0.4, 0.5) is 0 Å². The Morgan fingerprint density at radius 3 is 2.93 bits per heavy atom. The minimum absolute atomic E-state index is 0.243. The lowest BCUT2D eigenvalue weighted by Crippen LogP contribution is -2.37. The lowest BCUT2D eigenvalue weighted by atomic mass is 10.00. The average molecular weight is 200 g/mol. The molecule has 0 aromatic rings. The van der Waals surface area contributed by atoms with Gasteiger partial charge in [-0.15, -0.1) is 0 Å². The van der Waals surface area contributed by atoms with Crippen LogP contribution in [0.5, 0.6) is 0 Å². The van der Waals surface area contributed by atoms with E-state index in [2.05, 4.69) is 11.8 Å². The number of likely N-dealkylation sites (tertiary alicyclic amines) is 1. The van der Waals surface area contributed by atoms with E-state index in [4.69, 9.17) is 10.5 Å². The predicted molar refractivity (Wildman–Crippen MR) is 59.3 cm³/mol. The summed E-state index contributed by atoms with van der Waals surface area (Å²) in [6.07, 6.45) is 4.05. The molecule has 0 aromatic carbocycles. The standard InChI is InChI=1S/C11H24N2O/c1-10-4-3-6-13(9-10)7-5-11(8-12)14-2/h10-11H,3-9,12H2,1-2H3. The molecule has 3 heteroatoms. The minimum atomic E-state index is 0.243. The molecule has 2 N–H and O–H groups in total.